The molecule has 64 heavy (non-hydrogen) atoms. The van der Waals surface area contributed by atoms with Gasteiger partial charge in [-0.2, -0.15) is 0 Å². The van der Waals surface area contributed by atoms with Gasteiger partial charge in [-0.3, -0.25) is 43.2 Å². The van der Waals surface area contributed by atoms with E-state index in [9.17, 15) is 68.7 Å². The minimum absolute atomic E-state index is 0.00920. The van der Waals surface area contributed by atoms with Gasteiger partial charge in [-0.05, 0) is 78.3 Å². The fraction of sp³-hybridized carbons (Fsp3) is 0.479. The molecule has 8 rings (SSSR count). The highest BCUT2D eigenvalue weighted by Crippen LogP contribution is 2.63. The molecule has 0 aromatic heterocycles. The lowest BCUT2D eigenvalue weighted by molar-refractivity contribution is -0.202. The summed E-state index contributed by atoms with van der Waals surface area (Å²) in [5.41, 5.74) is 0.481. The Balaban J connectivity index is 1.05. The molecule has 6 aliphatic rings. The molecule has 6 aliphatic carbocycles. The Morgan fingerprint density at radius 2 is 1.08 bits per heavy atom. The van der Waals surface area contributed by atoms with Crippen molar-refractivity contribution in [3.05, 3.63) is 57.6 Å². The highest BCUT2D eigenvalue weighted by atomic mass is 16.3. The van der Waals surface area contributed by atoms with Crippen molar-refractivity contribution in [1.82, 2.24) is 0 Å². The van der Waals surface area contributed by atoms with Gasteiger partial charge in [0.15, 0.2) is 57.6 Å². The normalized spacial score (nSPS) is 37.3. The molecular weight excluding hydrogens is 829 g/mol. The summed E-state index contributed by atoms with van der Waals surface area (Å²) in [7, 11) is 0. The zero-order valence-corrected chi connectivity index (χ0v) is 35.4. The minimum atomic E-state index is -2.85. The van der Waals surface area contributed by atoms with Crippen molar-refractivity contribution in [1.29, 1.82) is 0 Å². The van der Waals surface area contributed by atoms with Gasteiger partial charge in [0.1, 0.15) is 17.4 Å². The molecule has 5 unspecified atom stereocenters. The molecule has 16 heteroatoms. The average Bonchev–Trinajstić information content (AvgIpc) is 3.16. The van der Waals surface area contributed by atoms with Crippen LogP contribution in [0.1, 0.15) is 109 Å². The summed E-state index contributed by atoms with van der Waals surface area (Å²) in [6, 6.07) is 5.54. The van der Waals surface area contributed by atoms with Gasteiger partial charge in [-0.1, -0.05) is 51.4 Å². The molecular formula is C48H46N2O14. The minimum Gasteiger partial charge on any atom is -0.507 e. The summed E-state index contributed by atoms with van der Waals surface area (Å²) in [5, 5.41) is 56.2. The first-order valence-corrected chi connectivity index (χ1v) is 20.9. The fourth-order valence-corrected chi connectivity index (χ4v) is 12.7. The summed E-state index contributed by atoms with van der Waals surface area (Å²) in [4.78, 5) is 121. The van der Waals surface area contributed by atoms with Crippen molar-refractivity contribution in [2.75, 3.05) is 0 Å². The standard InChI is InChI=1S/C48H46N2O14/c1-43-15-23-21(11-13-25(51)29(23)35(55)33(43)39(59)47(63)37(57)31(41(49)61)27(53)17-45(47,3)19-43)9-7-5-6-8-10-22-12-14-26(52)30-24(22)16-44(2)20-46(4)18-28(54)32(42(50)62)38(58)48(46,64)40(60)34(44)36(30)56/h11-14,27,31-34,51-53,63-64H,5-6,15-20H2,1-4H3,(H2,49,61)(H2,50,62)/t27?,31?,32?,33?,34?,43-,44-,45+,46+,47+,48+/m0/s1. The Morgan fingerprint density at radius 1 is 0.641 bits per heavy atom. The van der Waals surface area contributed by atoms with Gasteiger partial charge < -0.3 is 37.0 Å². The molecule has 0 radical (unpaired) electrons. The maximum absolute atomic E-state index is 14.2. The number of primary amides is 2. The van der Waals surface area contributed by atoms with Gasteiger partial charge in [0.25, 0.3) is 0 Å². The number of Topliss-reactive ketones (excluding diaryl/α,β-unsaturated/α-hetero) is 7. The number of amides is 2. The Hall–Kier alpha value is -6.33. The topological polar surface area (TPSA) is 307 Å². The van der Waals surface area contributed by atoms with Gasteiger partial charge in [0.2, 0.25) is 11.8 Å². The predicted octanol–water partition coefficient (Wildman–Crippen LogP) is 0.503. The number of fused-ring (bicyclic) bond motifs is 6. The lowest BCUT2D eigenvalue weighted by Crippen LogP contribution is -2.74. The van der Waals surface area contributed by atoms with Crippen molar-refractivity contribution in [3.63, 3.8) is 0 Å². The molecule has 332 valence electrons. The summed E-state index contributed by atoms with van der Waals surface area (Å²) in [5.74, 6) is -5.69. The highest BCUT2D eigenvalue weighted by molar-refractivity contribution is 6.32. The quantitative estimate of drug-likeness (QED) is 0.126. The third-order valence-corrected chi connectivity index (χ3v) is 15.3. The molecule has 4 fully saturated rings. The second-order valence-electron chi connectivity index (χ2n) is 19.8. The Morgan fingerprint density at radius 3 is 1.52 bits per heavy atom. The van der Waals surface area contributed by atoms with Crippen LogP contribution in [0.3, 0.4) is 0 Å². The monoisotopic (exact) mass is 874 g/mol. The molecule has 9 N–H and O–H groups in total. The maximum Gasteiger partial charge on any atom is 0.235 e. The van der Waals surface area contributed by atoms with E-state index in [1.807, 2.05) is 0 Å². The van der Waals surface area contributed by atoms with E-state index < -0.39 is 133 Å². The van der Waals surface area contributed by atoms with Crippen LogP contribution in [-0.4, -0.2) is 95.1 Å². The number of phenolic OH excluding ortho intramolecular Hbond substituents is 2. The molecule has 0 bridgehead atoms. The maximum atomic E-state index is 14.2. The van der Waals surface area contributed by atoms with E-state index >= 15 is 0 Å². The molecule has 0 spiro atoms. The van der Waals surface area contributed by atoms with Gasteiger partial charge in [-0.25, -0.2) is 0 Å². The number of aliphatic hydroxyl groups is 3. The second-order valence-corrected chi connectivity index (χ2v) is 19.8. The summed E-state index contributed by atoms with van der Waals surface area (Å²) >= 11 is 0. The summed E-state index contributed by atoms with van der Waals surface area (Å²) in [6.45, 7) is 6.16. The van der Waals surface area contributed by atoms with Crippen molar-refractivity contribution >= 4 is 52.3 Å². The Kier molecular flexibility index (Phi) is 9.75. The number of hydrogen-bond acceptors (Lipinski definition) is 14. The van der Waals surface area contributed by atoms with Gasteiger partial charge >= 0.3 is 0 Å². The lowest BCUT2D eigenvalue weighted by Gasteiger charge is -2.59. The first-order valence-electron chi connectivity index (χ1n) is 20.9. The molecule has 0 aliphatic heterocycles. The van der Waals surface area contributed by atoms with E-state index in [0.717, 1.165) is 0 Å². The van der Waals surface area contributed by atoms with E-state index in [1.165, 1.54) is 38.1 Å². The third kappa shape index (κ3) is 5.71. The summed E-state index contributed by atoms with van der Waals surface area (Å²) in [6.07, 6.45) is -2.17. The molecule has 2 aromatic carbocycles. The van der Waals surface area contributed by atoms with Crippen molar-refractivity contribution < 1.29 is 68.7 Å². The molecule has 2 amide bonds. The van der Waals surface area contributed by atoms with Crippen LogP contribution in [0.2, 0.25) is 0 Å². The molecule has 2 aromatic rings. The number of phenols is 2. The SMILES string of the molecule is C[C@@]12Cc3c(C#CCCC#Cc4ccc(O)c5c4C[C@@]4(C)C[C@@]6(C)CC(O)C(C(N)=O)C(=O)[C@@]6(O)C(=O)C4C5=O)ccc(O)c3C(=O)C1C(=O)[C@]1(O)C(=O)C(C(N)=O)C(=O)C[C@]1(C)C2. The molecule has 4 saturated carbocycles. The summed E-state index contributed by atoms with van der Waals surface area (Å²) < 4.78 is 0. The van der Waals surface area contributed by atoms with E-state index in [1.54, 1.807) is 13.8 Å². The lowest BCUT2D eigenvalue weighted by atomic mass is 9.43. The number of nitrogens with two attached hydrogens (primary N) is 2. The predicted molar refractivity (Wildman–Crippen MR) is 219 cm³/mol. The van der Waals surface area contributed by atoms with Gasteiger partial charge in [0, 0.05) is 41.2 Å². The number of carbonyl (C=O) groups excluding carboxylic acids is 9. The van der Waals surface area contributed by atoms with Crippen LogP contribution in [0.25, 0.3) is 0 Å². The highest BCUT2D eigenvalue weighted by Gasteiger charge is 2.75. The number of ketones is 7. The van der Waals surface area contributed by atoms with E-state index in [0.29, 0.717) is 22.3 Å². The smallest absolute Gasteiger partial charge is 0.235 e. The van der Waals surface area contributed by atoms with Crippen LogP contribution in [0.15, 0.2) is 24.3 Å². The Labute approximate surface area is 366 Å². The molecule has 0 saturated heterocycles. The molecule has 16 nitrogen and oxygen atoms in total. The largest absolute Gasteiger partial charge is 0.507 e. The zero-order valence-electron chi connectivity index (χ0n) is 35.4. The van der Waals surface area contributed by atoms with Crippen LogP contribution in [0.4, 0.5) is 0 Å². The number of unbranched alkanes of at least 4 members (excludes halogenated alkanes) is 1. The van der Waals surface area contributed by atoms with Crippen LogP contribution >= 0.6 is 0 Å². The number of benzene rings is 2. The van der Waals surface area contributed by atoms with Crippen molar-refractivity contribution in [2.45, 2.75) is 96.4 Å². The number of aliphatic hydroxyl groups excluding tert-OH is 1. The number of carbonyl (C=O) groups is 9. The van der Waals surface area contributed by atoms with E-state index in [2.05, 4.69) is 23.7 Å². The average molecular weight is 875 g/mol. The van der Waals surface area contributed by atoms with E-state index in [4.69, 9.17) is 11.5 Å². The second kappa shape index (κ2) is 14.1. The van der Waals surface area contributed by atoms with Gasteiger partial charge in [0.05, 0.1) is 29.1 Å². The van der Waals surface area contributed by atoms with Gasteiger partial charge in [-0.15, -0.1) is 0 Å². The number of aromatic hydroxyl groups is 2. The molecule has 0 heterocycles. The number of hydrogen-bond donors (Lipinski definition) is 7. The first kappa shape index (κ1) is 44.3. The van der Waals surface area contributed by atoms with Crippen LogP contribution in [0, 0.1) is 69.0 Å². The zero-order chi connectivity index (χ0) is 47.0. The van der Waals surface area contributed by atoms with E-state index in [-0.39, 0.29) is 56.1 Å². The first-order chi connectivity index (χ1) is 29.7. The van der Waals surface area contributed by atoms with Crippen LogP contribution in [0.5, 0.6) is 11.5 Å². The van der Waals surface area contributed by atoms with Crippen LogP contribution < -0.4 is 11.5 Å². The Bertz CT molecular complexity index is 2770. The third-order valence-electron chi connectivity index (χ3n) is 15.3. The fourth-order valence-electron chi connectivity index (χ4n) is 12.7. The van der Waals surface area contributed by atoms with Crippen LogP contribution in [-0.2, 0) is 46.4 Å². The van der Waals surface area contributed by atoms with Crippen molar-refractivity contribution in [2.24, 2.45) is 56.8 Å². The number of rotatable bonds is 3. The van der Waals surface area contributed by atoms with Crippen molar-refractivity contribution in [3.8, 4) is 35.2 Å². The molecule has 11 atom stereocenters.